The van der Waals surface area contributed by atoms with Crippen molar-refractivity contribution in [3.8, 4) is 22.7 Å². The lowest BCUT2D eigenvalue weighted by Gasteiger charge is -2.37. The summed E-state index contributed by atoms with van der Waals surface area (Å²) in [6.07, 6.45) is 37.2. The second-order valence-corrected chi connectivity index (χ2v) is 35.3. The smallest absolute Gasteiger partial charge is 0.178 e. The minimum atomic E-state index is 0.146. The third-order valence-corrected chi connectivity index (χ3v) is 26.7. The maximum absolute atomic E-state index is 4.61. The van der Waals surface area contributed by atoms with Gasteiger partial charge in [0.1, 0.15) is 0 Å². The maximum Gasteiger partial charge on any atom is 0.178 e. The molecular formula is C104H156N20. The molecule has 0 radical (unpaired) electrons. The average Bonchev–Trinajstić information content (AvgIpc) is 1.59. The first-order valence-corrected chi connectivity index (χ1v) is 47.9. The first-order valence-electron chi connectivity index (χ1n) is 47.9. The number of tetrazole rings is 4. The van der Waals surface area contributed by atoms with Crippen molar-refractivity contribution in [3.63, 3.8) is 0 Å². The number of nitrogens with zero attached hydrogens (tertiary/aromatic N) is 20. The van der Waals surface area contributed by atoms with Crippen LogP contribution in [0.3, 0.4) is 0 Å². The highest BCUT2D eigenvalue weighted by Gasteiger charge is 2.40. The number of aryl methyl sites for hydroxylation is 8. The zero-order valence-electron chi connectivity index (χ0n) is 80.4. The van der Waals surface area contributed by atoms with Gasteiger partial charge in [0.25, 0.3) is 0 Å². The van der Waals surface area contributed by atoms with Gasteiger partial charge in [-0.15, -0.1) is 20.4 Å². The molecule has 672 valence electrons. The topological polar surface area (TPSA) is 187 Å². The zero-order valence-corrected chi connectivity index (χ0v) is 80.4. The molecule has 9 atom stereocenters. The summed E-state index contributed by atoms with van der Waals surface area (Å²) in [7, 11) is 0. The average molecular weight is 1690 g/mol. The molecule has 4 fully saturated rings. The van der Waals surface area contributed by atoms with Crippen LogP contribution in [0.4, 0.5) is 0 Å². The van der Waals surface area contributed by atoms with Gasteiger partial charge in [-0.3, -0.25) is 19.6 Å². The van der Waals surface area contributed by atoms with E-state index in [1.807, 2.05) is 74.1 Å². The predicted molar refractivity (Wildman–Crippen MR) is 513 cm³/mol. The van der Waals surface area contributed by atoms with Gasteiger partial charge in [-0.1, -0.05) is 220 Å². The SMILES string of the molecule is C=C(C)[C@@H]1CC=C(C(c2nnnn2-c2c(C)cccc2C)N2CCCC2)CC1.C=C(C)[C@@H]1CC=C(C(c2nnnn2-c2c(C)cccc2C)N2CCCC2C)CC1.C=C(C)[C@@H]1CC=C(C(c2nnnn2-c2c(C)cccc2C)N2CCCCC2)CC1.C=C(C)[C@@H]1CC=C(C(c2nnnn2-c2c(C)cccc2C)N2CCCCCC2)CC1.CC.CC.CC.CC. The fourth-order valence-electron chi connectivity index (χ4n) is 19.9. The second kappa shape index (κ2) is 49.1. The number of para-hydroxylation sites is 4. The van der Waals surface area contributed by atoms with Gasteiger partial charge in [-0.25, -0.2) is 0 Å². The fourth-order valence-corrected chi connectivity index (χ4v) is 19.9. The van der Waals surface area contributed by atoms with Gasteiger partial charge in [0.15, 0.2) is 23.3 Å². The highest BCUT2D eigenvalue weighted by Crippen LogP contribution is 2.45. The summed E-state index contributed by atoms with van der Waals surface area (Å²) < 4.78 is 7.98. The van der Waals surface area contributed by atoms with Gasteiger partial charge in [-0.2, -0.15) is 18.7 Å². The molecule has 0 amide bonds. The molecule has 0 spiro atoms. The van der Waals surface area contributed by atoms with E-state index in [1.54, 1.807) is 0 Å². The van der Waals surface area contributed by atoms with Crippen molar-refractivity contribution in [2.75, 3.05) is 45.8 Å². The molecule has 4 aliphatic heterocycles. The molecule has 4 saturated heterocycles. The van der Waals surface area contributed by atoms with Gasteiger partial charge in [0, 0.05) is 6.04 Å². The van der Waals surface area contributed by atoms with E-state index in [2.05, 4.69) is 295 Å². The van der Waals surface area contributed by atoms with Gasteiger partial charge >= 0.3 is 0 Å². The molecule has 20 nitrogen and oxygen atoms in total. The van der Waals surface area contributed by atoms with Crippen molar-refractivity contribution in [2.45, 2.75) is 323 Å². The minimum absolute atomic E-state index is 0.146. The van der Waals surface area contributed by atoms with E-state index in [9.17, 15) is 0 Å². The number of likely N-dealkylation sites (tertiary alicyclic amines) is 4. The Morgan fingerprint density at radius 2 is 0.516 bits per heavy atom. The Morgan fingerprint density at radius 1 is 0.298 bits per heavy atom. The summed E-state index contributed by atoms with van der Waals surface area (Å²) in [6, 6.07) is 26.7. The first-order chi connectivity index (χ1) is 60.1. The van der Waals surface area contributed by atoms with Gasteiger partial charge < -0.3 is 0 Å². The van der Waals surface area contributed by atoms with Gasteiger partial charge in [0.2, 0.25) is 0 Å². The zero-order chi connectivity index (χ0) is 89.7. The Balaban J connectivity index is 0.000000182. The lowest BCUT2D eigenvalue weighted by Crippen LogP contribution is -2.37. The Kier molecular flexibility index (Phi) is 39.1. The first kappa shape index (κ1) is 98.7. The van der Waals surface area contributed by atoms with E-state index >= 15 is 0 Å². The number of hydrogen-bond acceptors (Lipinski definition) is 16. The second-order valence-electron chi connectivity index (χ2n) is 35.3. The van der Waals surface area contributed by atoms with Crippen LogP contribution in [0.2, 0.25) is 0 Å². The normalized spacial score (nSPS) is 20.9. The van der Waals surface area contributed by atoms with Crippen molar-refractivity contribution in [2.24, 2.45) is 23.7 Å². The van der Waals surface area contributed by atoms with Crippen molar-refractivity contribution >= 4 is 0 Å². The molecule has 124 heavy (non-hydrogen) atoms. The number of benzene rings is 4. The molecule has 8 aliphatic rings. The van der Waals surface area contributed by atoms with Crippen LogP contribution < -0.4 is 0 Å². The van der Waals surface area contributed by atoms with Crippen LogP contribution in [0.25, 0.3) is 22.7 Å². The van der Waals surface area contributed by atoms with Crippen LogP contribution in [0.5, 0.6) is 0 Å². The number of rotatable bonds is 20. The molecule has 4 aromatic carbocycles. The van der Waals surface area contributed by atoms with Crippen LogP contribution in [0.1, 0.15) is 330 Å². The third-order valence-electron chi connectivity index (χ3n) is 26.7. The standard InChI is InChI=1S/C25H35N5.2C24H33N5.C23H31N5.4C2H6/c1-18(2)21-12-14-22(15-13-21)24(29-16-7-5-6-8-17-29)25-26-27-28-30(25)23-19(3)10-9-11-20(23)4;1-16(2)20-11-13-21(14-12-20)23(28-15-7-10-19(28)5)24-25-26-27-29(24)22-17(3)8-6-9-18(22)4;1-17(2)20-11-13-21(14-12-20)23(28-15-6-5-7-16-28)24-25-26-27-29(24)22-18(3)9-8-10-19(22)4;1-16(2)19-10-12-20(13-11-19)22(27-14-5-6-15-27)23-24-25-26-28(23)21-17(3)8-7-9-18(21)4;4*1-2/h9-11,14,21,24H,1,5-8,12-13,15-17H2,2-4H3;6,8-9,13,19-20,23H,1,7,10-12,14-15H2,2-5H3;8-10,13,20,23H,1,5-7,11-12,14-16H2,2-4H3;7-9,12,19,22H,1,5-6,10-11,13-15H2,2-4H3;4*1-2H3/t21-,24?;19?,20-,23?;20-,23?;19-,22?;;;;/m1111..../s1. The van der Waals surface area contributed by atoms with Crippen molar-refractivity contribution in [3.05, 3.63) is 236 Å². The Hall–Kier alpha value is -9.08. The van der Waals surface area contributed by atoms with Gasteiger partial charge in [0.05, 0.1) is 46.9 Å². The quantitative estimate of drug-likeness (QED) is 0.0655. The molecule has 8 heterocycles. The van der Waals surface area contributed by atoms with Crippen molar-refractivity contribution < 1.29 is 0 Å². The van der Waals surface area contributed by atoms with Gasteiger partial charge in [-0.05, 0) is 396 Å². The van der Waals surface area contributed by atoms with Crippen LogP contribution in [-0.2, 0) is 0 Å². The molecule has 5 unspecified atom stereocenters. The number of allylic oxidation sites excluding steroid dienone is 8. The summed E-state index contributed by atoms with van der Waals surface area (Å²) in [5.41, 5.74) is 25.2. The molecule has 4 aromatic heterocycles. The number of aromatic nitrogens is 16. The molecule has 4 aliphatic carbocycles. The summed E-state index contributed by atoms with van der Waals surface area (Å²) in [6.45, 7) is 68.6. The van der Waals surface area contributed by atoms with E-state index in [4.69, 9.17) is 0 Å². The largest absolute Gasteiger partial charge is 0.290 e. The highest BCUT2D eigenvalue weighted by molar-refractivity contribution is 5.51. The molecule has 0 saturated carbocycles. The lowest BCUT2D eigenvalue weighted by atomic mass is 9.82. The monoisotopic (exact) mass is 1690 g/mol. The molecular weight excluding hydrogens is 1530 g/mol. The summed E-state index contributed by atoms with van der Waals surface area (Å²) in [4.78, 5) is 10.4. The number of piperidine rings is 1. The Labute approximate surface area is 747 Å². The van der Waals surface area contributed by atoms with E-state index in [0.29, 0.717) is 29.7 Å². The molecule has 8 aromatic rings. The fraction of sp³-hybridized carbons (Fsp3) is 0.577. The van der Waals surface area contributed by atoms with E-state index < -0.39 is 0 Å². The van der Waals surface area contributed by atoms with Crippen LogP contribution in [-0.4, -0.2) is 152 Å². The maximum atomic E-state index is 4.61. The van der Waals surface area contributed by atoms with Crippen LogP contribution in [0.15, 0.2) is 168 Å². The minimum Gasteiger partial charge on any atom is -0.290 e. The molecule has 0 bridgehead atoms. The Morgan fingerprint density at radius 3 is 0.726 bits per heavy atom. The van der Waals surface area contributed by atoms with E-state index in [-0.39, 0.29) is 24.2 Å². The van der Waals surface area contributed by atoms with Crippen LogP contribution in [0, 0.1) is 79.1 Å². The third kappa shape index (κ3) is 24.4. The summed E-state index contributed by atoms with van der Waals surface area (Å²) in [5.74, 6) is 6.26. The van der Waals surface area contributed by atoms with Crippen molar-refractivity contribution in [1.82, 2.24) is 100 Å². The van der Waals surface area contributed by atoms with Crippen LogP contribution >= 0.6 is 0 Å². The number of hydrogen-bond donors (Lipinski definition) is 0. The van der Waals surface area contributed by atoms with Crippen molar-refractivity contribution in [1.29, 1.82) is 0 Å². The Bertz CT molecular complexity index is 4760. The highest BCUT2D eigenvalue weighted by atomic mass is 15.6. The van der Waals surface area contributed by atoms with E-state index in [0.717, 1.165) is 143 Å². The predicted octanol–water partition coefficient (Wildman–Crippen LogP) is 24.5. The summed E-state index contributed by atoms with van der Waals surface area (Å²) >= 11 is 0. The summed E-state index contributed by atoms with van der Waals surface area (Å²) in [5, 5.41) is 52.6. The molecule has 20 heteroatoms. The molecule has 16 rings (SSSR count). The molecule has 0 N–H and O–H groups in total. The lowest BCUT2D eigenvalue weighted by molar-refractivity contribution is 0.172. The van der Waals surface area contributed by atoms with E-state index in [1.165, 1.54) is 185 Å².